The van der Waals surface area contributed by atoms with E-state index in [-0.39, 0.29) is 11.9 Å². The average Bonchev–Trinajstić information content (AvgIpc) is 3.54. The molecule has 3 heterocycles. The van der Waals surface area contributed by atoms with Gasteiger partial charge in [-0.2, -0.15) is 13.2 Å². The highest BCUT2D eigenvalue weighted by Gasteiger charge is 2.42. The highest BCUT2D eigenvalue weighted by atomic mass is 32.1. The number of aromatic nitrogens is 2. The highest BCUT2D eigenvalue weighted by molar-refractivity contribution is 7.80. The molecule has 0 spiro atoms. The molecule has 1 aliphatic heterocycles. The molecular formula is C29H26F3N5OS. The molecule has 200 valence electrons. The minimum atomic E-state index is -4.46. The fraction of sp³-hybridized carbons (Fsp3) is 0.207. The van der Waals surface area contributed by atoms with E-state index in [9.17, 15) is 18.0 Å². The van der Waals surface area contributed by atoms with E-state index in [4.69, 9.17) is 12.2 Å². The number of hydrogen-bond acceptors (Lipinski definition) is 3. The van der Waals surface area contributed by atoms with Gasteiger partial charge in [0.25, 0.3) is 0 Å². The van der Waals surface area contributed by atoms with Gasteiger partial charge in [0.15, 0.2) is 5.11 Å². The molecule has 0 saturated carbocycles. The van der Waals surface area contributed by atoms with Crippen LogP contribution in [0.4, 0.5) is 24.5 Å². The van der Waals surface area contributed by atoms with Crippen molar-refractivity contribution in [2.45, 2.75) is 38.5 Å². The third-order valence-corrected chi connectivity index (χ3v) is 7.03. The molecule has 1 aliphatic rings. The number of benzene rings is 2. The van der Waals surface area contributed by atoms with Crippen LogP contribution in [0.15, 0.2) is 85.2 Å². The second-order valence-corrected chi connectivity index (χ2v) is 9.64. The first-order valence-electron chi connectivity index (χ1n) is 12.4. The van der Waals surface area contributed by atoms with Crippen LogP contribution in [0.25, 0.3) is 5.69 Å². The van der Waals surface area contributed by atoms with Gasteiger partial charge < -0.3 is 20.1 Å². The van der Waals surface area contributed by atoms with E-state index < -0.39 is 17.8 Å². The van der Waals surface area contributed by atoms with Gasteiger partial charge >= 0.3 is 6.18 Å². The Bertz CT molecular complexity index is 1520. The van der Waals surface area contributed by atoms with Crippen molar-refractivity contribution in [3.05, 3.63) is 108 Å². The lowest BCUT2D eigenvalue weighted by atomic mass is 10.00. The van der Waals surface area contributed by atoms with E-state index >= 15 is 0 Å². The van der Waals surface area contributed by atoms with Gasteiger partial charge in [0.2, 0.25) is 5.91 Å². The van der Waals surface area contributed by atoms with Gasteiger partial charge in [-0.15, -0.1) is 0 Å². The number of aryl methyl sites for hydroxylation is 1. The van der Waals surface area contributed by atoms with Crippen molar-refractivity contribution in [3.8, 4) is 5.69 Å². The van der Waals surface area contributed by atoms with Crippen molar-refractivity contribution in [1.29, 1.82) is 0 Å². The number of anilines is 2. The number of halogens is 3. The second kappa shape index (κ2) is 10.5. The van der Waals surface area contributed by atoms with E-state index in [1.807, 2.05) is 54.3 Å². The number of amides is 1. The molecule has 39 heavy (non-hydrogen) atoms. The third-order valence-electron chi connectivity index (χ3n) is 6.72. The first kappa shape index (κ1) is 26.4. The maximum Gasteiger partial charge on any atom is 0.416 e. The molecular weight excluding hydrogens is 523 g/mol. The SMILES string of the molecule is CCC(=O)Nc1ccc(N2C(=S)N[C@@H](c3ccccn3)[C@@H]2c2cccn2-c2cccc(C(F)(F)F)c2)cc1C. The first-order valence-corrected chi connectivity index (χ1v) is 12.8. The Morgan fingerprint density at radius 2 is 1.87 bits per heavy atom. The zero-order valence-electron chi connectivity index (χ0n) is 21.2. The third kappa shape index (κ3) is 5.24. The normalized spacial score (nSPS) is 17.3. The average molecular weight is 550 g/mol. The molecule has 1 fully saturated rings. The van der Waals surface area contributed by atoms with Crippen LogP contribution in [0, 0.1) is 6.92 Å². The van der Waals surface area contributed by atoms with Gasteiger partial charge in [-0.25, -0.2) is 0 Å². The molecule has 2 aromatic carbocycles. The Labute approximate surface area is 229 Å². The number of pyridine rings is 1. The minimum absolute atomic E-state index is 0.0868. The maximum atomic E-state index is 13.5. The number of rotatable bonds is 6. The number of alkyl halides is 3. The van der Waals surface area contributed by atoms with E-state index in [0.29, 0.717) is 22.9 Å². The molecule has 1 amide bonds. The summed E-state index contributed by atoms with van der Waals surface area (Å²) in [6, 6.07) is 19.4. The summed E-state index contributed by atoms with van der Waals surface area (Å²) in [5.74, 6) is -0.0868. The minimum Gasteiger partial charge on any atom is -0.351 e. The summed E-state index contributed by atoms with van der Waals surface area (Å²) in [5, 5.41) is 6.73. The topological polar surface area (TPSA) is 62.2 Å². The van der Waals surface area contributed by atoms with Gasteiger partial charge in [-0.1, -0.05) is 19.1 Å². The molecule has 2 atom stereocenters. The van der Waals surface area contributed by atoms with E-state index in [1.54, 1.807) is 36.0 Å². The predicted molar refractivity (Wildman–Crippen MR) is 149 cm³/mol. The lowest BCUT2D eigenvalue weighted by Crippen LogP contribution is -2.30. The number of nitrogens with zero attached hydrogens (tertiary/aromatic N) is 3. The first-order chi connectivity index (χ1) is 18.7. The Balaban J connectivity index is 1.62. The quantitative estimate of drug-likeness (QED) is 0.261. The van der Waals surface area contributed by atoms with Crippen LogP contribution in [0.5, 0.6) is 0 Å². The van der Waals surface area contributed by atoms with Crippen LogP contribution in [0.2, 0.25) is 0 Å². The van der Waals surface area contributed by atoms with Crippen LogP contribution in [0.1, 0.15) is 47.9 Å². The molecule has 0 aliphatic carbocycles. The zero-order valence-corrected chi connectivity index (χ0v) is 22.1. The number of thiocarbonyl (C=S) groups is 1. The Morgan fingerprint density at radius 1 is 1.05 bits per heavy atom. The smallest absolute Gasteiger partial charge is 0.351 e. The molecule has 5 rings (SSSR count). The van der Waals surface area contributed by atoms with Crippen molar-refractivity contribution < 1.29 is 18.0 Å². The van der Waals surface area contributed by atoms with Crippen LogP contribution < -0.4 is 15.5 Å². The number of carbonyl (C=O) groups is 1. The summed E-state index contributed by atoms with van der Waals surface area (Å²) in [7, 11) is 0. The molecule has 1 saturated heterocycles. The lowest BCUT2D eigenvalue weighted by molar-refractivity contribution is -0.137. The summed E-state index contributed by atoms with van der Waals surface area (Å²) in [4.78, 5) is 18.5. The summed E-state index contributed by atoms with van der Waals surface area (Å²) in [5.41, 5.74) is 3.47. The molecule has 6 nitrogen and oxygen atoms in total. The monoisotopic (exact) mass is 549 g/mol. The molecule has 2 N–H and O–H groups in total. The van der Waals surface area contributed by atoms with Gasteiger partial charge in [-0.05, 0) is 85.4 Å². The highest BCUT2D eigenvalue weighted by Crippen LogP contribution is 2.43. The summed E-state index contributed by atoms with van der Waals surface area (Å²) in [6.45, 7) is 3.69. The summed E-state index contributed by atoms with van der Waals surface area (Å²) >= 11 is 5.80. The van der Waals surface area contributed by atoms with E-state index in [0.717, 1.165) is 34.8 Å². The standard InChI is InChI=1S/C29H26F3N5OS/c1-3-25(38)34-22-13-12-21(16-18(22)2)37-27(26(35-28(37)39)23-10-4-5-14-33-23)24-11-7-15-36(24)20-9-6-8-19(17-20)29(30,31)32/h4-17,26-27H,3H2,1-2H3,(H,34,38)(H,35,39)/t26-,27-/m0/s1. The lowest BCUT2D eigenvalue weighted by Gasteiger charge is -2.29. The van der Waals surface area contributed by atoms with Crippen molar-refractivity contribution >= 4 is 34.6 Å². The fourth-order valence-corrected chi connectivity index (χ4v) is 5.16. The Morgan fingerprint density at radius 3 is 2.56 bits per heavy atom. The predicted octanol–water partition coefficient (Wildman–Crippen LogP) is 6.73. The van der Waals surface area contributed by atoms with Crippen LogP contribution in [-0.2, 0) is 11.0 Å². The Hall–Kier alpha value is -4.18. The summed E-state index contributed by atoms with van der Waals surface area (Å²) < 4.78 is 42.3. The number of carbonyl (C=O) groups excluding carboxylic acids is 1. The van der Waals surface area contributed by atoms with Gasteiger partial charge in [-0.3, -0.25) is 9.78 Å². The second-order valence-electron chi connectivity index (χ2n) is 9.25. The maximum absolute atomic E-state index is 13.5. The molecule has 2 aromatic heterocycles. The van der Waals surface area contributed by atoms with Gasteiger partial charge in [0.1, 0.15) is 6.04 Å². The van der Waals surface area contributed by atoms with Crippen LogP contribution >= 0.6 is 12.2 Å². The zero-order chi connectivity index (χ0) is 27.7. The van der Waals surface area contributed by atoms with Gasteiger partial charge in [0, 0.05) is 41.6 Å². The number of nitrogens with one attached hydrogen (secondary N) is 2. The van der Waals surface area contributed by atoms with Crippen molar-refractivity contribution in [2.24, 2.45) is 0 Å². The van der Waals surface area contributed by atoms with E-state index in [2.05, 4.69) is 15.6 Å². The molecule has 4 aromatic rings. The Kier molecular flexibility index (Phi) is 7.14. The summed E-state index contributed by atoms with van der Waals surface area (Å²) in [6.07, 6.45) is -0.661. The van der Waals surface area contributed by atoms with Crippen molar-refractivity contribution in [1.82, 2.24) is 14.9 Å². The van der Waals surface area contributed by atoms with Crippen molar-refractivity contribution in [2.75, 3.05) is 10.2 Å². The molecule has 10 heteroatoms. The number of hydrogen-bond donors (Lipinski definition) is 2. The van der Waals surface area contributed by atoms with Gasteiger partial charge in [0.05, 0.1) is 17.3 Å². The molecule has 0 bridgehead atoms. The van der Waals surface area contributed by atoms with Crippen LogP contribution in [0.3, 0.4) is 0 Å². The molecule has 0 radical (unpaired) electrons. The van der Waals surface area contributed by atoms with Crippen molar-refractivity contribution in [3.63, 3.8) is 0 Å². The fourth-order valence-electron chi connectivity index (χ4n) is 4.81. The largest absolute Gasteiger partial charge is 0.416 e. The molecule has 0 unspecified atom stereocenters. The van der Waals surface area contributed by atoms with Crippen LogP contribution in [-0.4, -0.2) is 20.6 Å². The van der Waals surface area contributed by atoms with E-state index in [1.165, 1.54) is 6.07 Å².